The second kappa shape index (κ2) is 12.4. The van der Waals surface area contributed by atoms with Crippen molar-refractivity contribution in [3.8, 4) is 56.4 Å². The largest absolute Gasteiger partial charge is 0.455 e. The van der Waals surface area contributed by atoms with Crippen LogP contribution in [0, 0.1) is 0 Å². The molecule has 4 nitrogen and oxygen atoms in total. The summed E-state index contributed by atoms with van der Waals surface area (Å²) in [5.74, 6) is 1.95. The third-order valence-electron chi connectivity index (χ3n) is 9.97. The van der Waals surface area contributed by atoms with Gasteiger partial charge < -0.3 is 4.42 Å². The number of benzene rings is 7. The fraction of sp³-hybridized carbons (Fsp3) is 0.0208. The second-order valence-corrected chi connectivity index (χ2v) is 13.2. The molecule has 7 aromatic carbocycles. The summed E-state index contributed by atoms with van der Waals surface area (Å²) < 4.78 is 6.53. The maximum atomic E-state index is 6.53. The van der Waals surface area contributed by atoms with Gasteiger partial charge in [-0.05, 0) is 69.5 Å². The SMILES string of the molecule is C1=CCC(c2ccc3oc4c5ccccc5c(-c5cccc(-c6ccc(-c7nc(-c8ccccc8)nc(-c8ccccc8)n7)cc6)c5)cc4c3c2)=C1. The first-order valence-corrected chi connectivity index (χ1v) is 17.6. The van der Waals surface area contributed by atoms with E-state index in [-0.39, 0.29) is 0 Å². The minimum Gasteiger partial charge on any atom is -0.455 e. The van der Waals surface area contributed by atoms with Gasteiger partial charge in [0.15, 0.2) is 17.5 Å². The molecule has 0 spiro atoms. The Labute approximate surface area is 301 Å². The molecule has 0 saturated carbocycles. The zero-order valence-electron chi connectivity index (χ0n) is 28.2. The van der Waals surface area contributed by atoms with Gasteiger partial charge in [0.05, 0.1) is 0 Å². The van der Waals surface area contributed by atoms with E-state index in [0.29, 0.717) is 17.5 Å². The van der Waals surface area contributed by atoms with Crippen molar-refractivity contribution >= 4 is 38.3 Å². The van der Waals surface area contributed by atoms with E-state index in [2.05, 4.69) is 115 Å². The molecule has 9 aromatic rings. The minimum absolute atomic E-state index is 0.642. The Morgan fingerprint density at radius 1 is 0.404 bits per heavy atom. The molecule has 10 rings (SSSR count). The average Bonchev–Trinajstić information content (AvgIpc) is 3.90. The number of furan rings is 1. The predicted molar refractivity (Wildman–Crippen MR) is 214 cm³/mol. The summed E-state index contributed by atoms with van der Waals surface area (Å²) in [5, 5.41) is 4.56. The van der Waals surface area contributed by atoms with Crippen molar-refractivity contribution in [1.29, 1.82) is 0 Å². The van der Waals surface area contributed by atoms with Crippen LogP contribution in [0.3, 0.4) is 0 Å². The predicted octanol–water partition coefficient (Wildman–Crippen LogP) is 12.6. The maximum absolute atomic E-state index is 6.53. The number of nitrogens with zero attached hydrogens (tertiary/aromatic N) is 3. The topological polar surface area (TPSA) is 51.8 Å². The van der Waals surface area contributed by atoms with Crippen LogP contribution in [-0.4, -0.2) is 15.0 Å². The molecule has 1 aliphatic rings. The molecule has 0 amide bonds. The van der Waals surface area contributed by atoms with E-state index < -0.39 is 0 Å². The summed E-state index contributed by atoms with van der Waals surface area (Å²) in [7, 11) is 0. The highest BCUT2D eigenvalue weighted by molar-refractivity contribution is 6.19. The minimum atomic E-state index is 0.642. The number of aromatic nitrogens is 3. The van der Waals surface area contributed by atoms with Crippen molar-refractivity contribution in [2.75, 3.05) is 0 Å². The van der Waals surface area contributed by atoms with Crippen molar-refractivity contribution in [2.45, 2.75) is 6.42 Å². The number of hydrogen-bond donors (Lipinski definition) is 0. The van der Waals surface area contributed by atoms with E-state index in [9.17, 15) is 0 Å². The van der Waals surface area contributed by atoms with Gasteiger partial charge in [-0.3, -0.25) is 0 Å². The van der Waals surface area contributed by atoms with Crippen LogP contribution in [0.2, 0.25) is 0 Å². The van der Waals surface area contributed by atoms with Crippen molar-refractivity contribution in [3.63, 3.8) is 0 Å². The zero-order chi connectivity index (χ0) is 34.4. The lowest BCUT2D eigenvalue weighted by Crippen LogP contribution is -2.00. The van der Waals surface area contributed by atoms with Crippen LogP contribution in [0.1, 0.15) is 12.0 Å². The van der Waals surface area contributed by atoms with Gasteiger partial charge in [-0.1, -0.05) is 152 Å². The van der Waals surface area contributed by atoms with Crippen molar-refractivity contribution < 1.29 is 4.42 Å². The average molecular weight is 666 g/mol. The molecule has 0 atom stereocenters. The number of allylic oxidation sites excluding steroid dienone is 4. The molecule has 0 radical (unpaired) electrons. The van der Waals surface area contributed by atoms with Crippen LogP contribution in [0.5, 0.6) is 0 Å². The van der Waals surface area contributed by atoms with Crippen molar-refractivity contribution in [2.24, 2.45) is 0 Å². The first kappa shape index (κ1) is 30.0. The monoisotopic (exact) mass is 665 g/mol. The lowest BCUT2D eigenvalue weighted by Gasteiger charge is -2.11. The van der Waals surface area contributed by atoms with E-state index in [1.54, 1.807) is 0 Å². The highest BCUT2D eigenvalue weighted by Crippen LogP contribution is 2.41. The molecule has 0 bridgehead atoms. The first-order valence-electron chi connectivity index (χ1n) is 17.6. The van der Waals surface area contributed by atoms with E-state index >= 15 is 0 Å². The molecule has 4 heteroatoms. The number of rotatable bonds is 6. The quantitative estimate of drug-likeness (QED) is 0.177. The summed E-state index contributed by atoms with van der Waals surface area (Å²) in [6, 6.07) is 54.9. The van der Waals surface area contributed by atoms with E-state index in [1.165, 1.54) is 22.1 Å². The van der Waals surface area contributed by atoms with Crippen LogP contribution >= 0.6 is 0 Å². The summed E-state index contributed by atoms with van der Waals surface area (Å²) in [6.07, 6.45) is 7.50. The molecular formula is C48H31N3O. The molecule has 0 N–H and O–H groups in total. The fourth-order valence-electron chi connectivity index (χ4n) is 7.31. The van der Waals surface area contributed by atoms with Crippen LogP contribution in [-0.2, 0) is 0 Å². The summed E-state index contributed by atoms with van der Waals surface area (Å²) in [6.45, 7) is 0. The molecule has 0 fully saturated rings. The third kappa shape index (κ3) is 5.29. The highest BCUT2D eigenvalue weighted by atomic mass is 16.3. The van der Waals surface area contributed by atoms with Gasteiger partial charge in [0.2, 0.25) is 0 Å². The Kier molecular flexibility index (Phi) is 7.17. The van der Waals surface area contributed by atoms with Gasteiger partial charge in [0.25, 0.3) is 0 Å². The Balaban J connectivity index is 1.05. The van der Waals surface area contributed by atoms with Gasteiger partial charge >= 0.3 is 0 Å². The van der Waals surface area contributed by atoms with Gasteiger partial charge in [-0.2, -0.15) is 0 Å². The first-order chi connectivity index (χ1) is 25.7. The van der Waals surface area contributed by atoms with Gasteiger partial charge in [0.1, 0.15) is 11.2 Å². The van der Waals surface area contributed by atoms with Gasteiger partial charge in [-0.25, -0.2) is 15.0 Å². The van der Waals surface area contributed by atoms with Crippen LogP contribution in [0.4, 0.5) is 0 Å². The standard InChI is InChI=1S/C48H31N3O/c1-3-14-33(15-4-1)46-49-47(34-16-5-2-6-17-34)51-48(50-46)35-24-22-32(23-25-35)36-18-11-19-38(28-36)41-30-43-42-29-37(31-12-7-8-13-31)26-27-44(42)52-45(43)40-21-10-9-20-39(40)41/h1-12,14-30H,13H2. The molecule has 1 aliphatic carbocycles. The Bertz CT molecular complexity index is 2790. The number of fused-ring (bicyclic) bond motifs is 5. The summed E-state index contributed by atoms with van der Waals surface area (Å²) in [4.78, 5) is 14.7. The van der Waals surface area contributed by atoms with Crippen molar-refractivity contribution in [3.05, 3.63) is 182 Å². The lowest BCUT2D eigenvalue weighted by atomic mass is 9.93. The fourth-order valence-corrected chi connectivity index (χ4v) is 7.31. The van der Waals surface area contributed by atoms with E-state index in [0.717, 1.165) is 67.1 Å². The Hall–Kier alpha value is -6.91. The van der Waals surface area contributed by atoms with Crippen LogP contribution in [0.25, 0.3) is 94.7 Å². The second-order valence-electron chi connectivity index (χ2n) is 13.2. The molecule has 52 heavy (non-hydrogen) atoms. The van der Waals surface area contributed by atoms with E-state index in [1.807, 2.05) is 60.7 Å². The molecule has 0 saturated heterocycles. The summed E-state index contributed by atoms with van der Waals surface area (Å²) in [5.41, 5.74) is 11.9. The number of hydrogen-bond acceptors (Lipinski definition) is 4. The normalized spacial score (nSPS) is 12.6. The zero-order valence-corrected chi connectivity index (χ0v) is 28.2. The molecule has 2 heterocycles. The summed E-state index contributed by atoms with van der Waals surface area (Å²) >= 11 is 0. The smallest absolute Gasteiger partial charge is 0.164 e. The Morgan fingerprint density at radius 2 is 0.981 bits per heavy atom. The van der Waals surface area contributed by atoms with Gasteiger partial charge in [0, 0.05) is 32.8 Å². The van der Waals surface area contributed by atoms with Gasteiger partial charge in [-0.15, -0.1) is 0 Å². The van der Waals surface area contributed by atoms with Crippen LogP contribution < -0.4 is 0 Å². The lowest BCUT2D eigenvalue weighted by molar-refractivity contribution is 0.672. The molecule has 0 unspecified atom stereocenters. The highest BCUT2D eigenvalue weighted by Gasteiger charge is 2.17. The van der Waals surface area contributed by atoms with Crippen molar-refractivity contribution in [1.82, 2.24) is 15.0 Å². The maximum Gasteiger partial charge on any atom is 0.164 e. The molecule has 244 valence electrons. The van der Waals surface area contributed by atoms with E-state index in [4.69, 9.17) is 19.4 Å². The molecule has 2 aromatic heterocycles. The molecular weight excluding hydrogens is 635 g/mol. The third-order valence-corrected chi connectivity index (χ3v) is 9.97. The van der Waals surface area contributed by atoms with Crippen LogP contribution in [0.15, 0.2) is 180 Å². The Morgan fingerprint density at radius 3 is 1.65 bits per heavy atom. The molecule has 0 aliphatic heterocycles.